The lowest BCUT2D eigenvalue weighted by Gasteiger charge is -2.20. The first kappa shape index (κ1) is 13.1. The number of ether oxygens (including phenoxy) is 1. The molecule has 1 aromatic carbocycles. The van der Waals surface area contributed by atoms with Crippen molar-refractivity contribution in [3.05, 3.63) is 33.8 Å². The molecule has 1 saturated heterocycles. The van der Waals surface area contributed by atoms with Gasteiger partial charge in [-0.05, 0) is 30.4 Å². The van der Waals surface area contributed by atoms with Crippen LogP contribution in [0.2, 0.25) is 10.0 Å². The van der Waals surface area contributed by atoms with Crippen LogP contribution in [0.25, 0.3) is 0 Å². The third-order valence-electron chi connectivity index (χ3n) is 3.15. The van der Waals surface area contributed by atoms with Crippen LogP contribution in [0, 0.1) is 5.92 Å². The van der Waals surface area contributed by atoms with Crippen molar-refractivity contribution >= 4 is 23.2 Å². The summed E-state index contributed by atoms with van der Waals surface area (Å²) in [7, 11) is 0. The van der Waals surface area contributed by atoms with Crippen molar-refractivity contribution in [1.82, 2.24) is 5.43 Å². The second kappa shape index (κ2) is 6.03. The molecule has 0 spiro atoms. The van der Waals surface area contributed by atoms with Gasteiger partial charge >= 0.3 is 0 Å². The molecule has 1 aliphatic heterocycles. The summed E-state index contributed by atoms with van der Waals surface area (Å²) in [5.41, 5.74) is 3.77. The van der Waals surface area contributed by atoms with Gasteiger partial charge in [0.1, 0.15) is 0 Å². The van der Waals surface area contributed by atoms with Crippen molar-refractivity contribution in [3.63, 3.8) is 0 Å². The molecule has 2 rings (SSSR count). The van der Waals surface area contributed by atoms with Crippen molar-refractivity contribution in [2.75, 3.05) is 13.2 Å². The first-order valence-corrected chi connectivity index (χ1v) is 6.45. The summed E-state index contributed by atoms with van der Waals surface area (Å²) < 4.78 is 5.36. The highest BCUT2D eigenvalue weighted by Gasteiger charge is 2.23. The molecule has 3 nitrogen and oxygen atoms in total. The van der Waals surface area contributed by atoms with E-state index in [1.807, 2.05) is 12.1 Å². The van der Waals surface area contributed by atoms with Crippen LogP contribution < -0.4 is 11.3 Å². The van der Waals surface area contributed by atoms with Crippen LogP contribution in [-0.2, 0) is 4.74 Å². The Morgan fingerprint density at radius 3 is 2.94 bits per heavy atom. The highest BCUT2D eigenvalue weighted by molar-refractivity contribution is 6.42. The lowest BCUT2D eigenvalue weighted by Crippen LogP contribution is -2.30. The summed E-state index contributed by atoms with van der Waals surface area (Å²) in [4.78, 5) is 0. The van der Waals surface area contributed by atoms with Gasteiger partial charge in [-0.15, -0.1) is 0 Å². The number of benzene rings is 1. The monoisotopic (exact) mass is 274 g/mol. The Hall–Kier alpha value is -0.320. The van der Waals surface area contributed by atoms with E-state index < -0.39 is 0 Å². The number of hydrazine groups is 1. The molecule has 0 aliphatic carbocycles. The molecule has 3 N–H and O–H groups in total. The summed E-state index contributed by atoms with van der Waals surface area (Å²) in [6, 6.07) is 5.64. The maximum atomic E-state index is 6.19. The molecular weight excluding hydrogens is 259 g/mol. The molecule has 0 saturated carbocycles. The van der Waals surface area contributed by atoms with E-state index in [0.29, 0.717) is 16.0 Å². The molecule has 5 heteroatoms. The van der Waals surface area contributed by atoms with Gasteiger partial charge in [-0.2, -0.15) is 0 Å². The topological polar surface area (TPSA) is 47.3 Å². The molecule has 0 radical (unpaired) electrons. The minimum atomic E-state index is 0.0212. The van der Waals surface area contributed by atoms with Crippen LogP contribution in [0.1, 0.15) is 24.4 Å². The molecule has 2 atom stereocenters. The maximum Gasteiger partial charge on any atom is 0.0640 e. The fraction of sp³-hybridized carbons (Fsp3) is 0.500. The van der Waals surface area contributed by atoms with Gasteiger partial charge in [-0.25, -0.2) is 0 Å². The van der Waals surface area contributed by atoms with Crippen molar-refractivity contribution in [2.45, 2.75) is 18.9 Å². The minimum Gasteiger partial charge on any atom is -0.381 e. The normalized spacial score (nSPS) is 21.7. The zero-order chi connectivity index (χ0) is 12.3. The fourth-order valence-corrected chi connectivity index (χ4v) is 2.62. The zero-order valence-corrected chi connectivity index (χ0v) is 11.0. The van der Waals surface area contributed by atoms with Crippen molar-refractivity contribution < 1.29 is 4.74 Å². The number of halogens is 2. The Morgan fingerprint density at radius 2 is 2.29 bits per heavy atom. The molecule has 1 heterocycles. The summed E-state index contributed by atoms with van der Waals surface area (Å²) in [5, 5.41) is 1.14. The Kier molecular flexibility index (Phi) is 4.65. The van der Waals surface area contributed by atoms with Crippen LogP contribution in [0.5, 0.6) is 0 Å². The number of nitrogens with two attached hydrogens (primary N) is 1. The molecule has 94 valence electrons. The lowest BCUT2D eigenvalue weighted by molar-refractivity contribution is 0.181. The molecule has 2 unspecified atom stereocenters. The third kappa shape index (κ3) is 3.12. The van der Waals surface area contributed by atoms with E-state index in [0.717, 1.165) is 31.6 Å². The minimum absolute atomic E-state index is 0.0212. The van der Waals surface area contributed by atoms with Gasteiger partial charge in [-0.1, -0.05) is 35.3 Å². The Bertz CT molecular complexity index is 381. The number of hydrogen-bond donors (Lipinski definition) is 2. The largest absolute Gasteiger partial charge is 0.381 e. The first-order chi connectivity index (χ1) is 8.22. The van der Waals surface area contributed by atoms with Gasteiger partial charge in [0.2, 0.25) is 0 Å². The van der Waals surface area contributed by atoms with Crippen LogP contribution in [0.4, 0.5) is 0 Å². The van der Waals surface area contributed by atoms with Crippen LogP contribution >= 0.6 is 23.2 Å². The standard InChI is InChI=1S/C12H16Cl2N2O/c13-10-3-1-2-9(12(10)14)11(16-15)6-8-4-5-17-7-8/h1-3,8,11,16H,4-7,15H2. The molecule has 1 aromatic rings. The Labute approximate surface area is 111 Å². The maximum absolute atomic E-state index is 6.19. The van der Waals surface area contributed by atoms with E-state index >= 15 is 0 Å². The smallest absolute Gasteiger partial charge is 0.0640 e. The molecule has 1 fully saturated rings. The highest BCUT2D eigenvalue weighted by atomic mass is 35.5. The van der Waals surface area contributed by atoms with Gasteiger partial charge in [0.05, 0.1) is 10.0 Å². The van der Waals surface area contributed by atoms with Gasteiger partial charge in [0.15, 0.2) is 0 Å². The summed E-state index contributed by atoms with van der Waals surface area (Å²) in [5.74, 6) is 6.14. The SMILES string of the molecule is NNC(CC1CCOC1)c1cccc(Cl)c1Cl. The van der Waals surface area contributed by atoms with Gasteiger partial charge in [-0.3, -0.25) is 11.3 Å². The van der Waals surface area contributed by atoms with Crippen molar-refractivity contribution in [3.8, 4) is 0 Å². The van der Waals surface area contributed by atoms with Crippen molar-refractivity contribution in [1.29, 1.82) is 0 Å². The number of rotatable bonds is 4. The summed E-state index contributed by atoms with van der Waals surface area (Å²) >= 11 is 12.2. The molecular formula is C12H16Cl2N2O. The molecule has 0 aromatic heterocycles. The molecule has 0 amide bonds. The van der Waals surface area contributed by atoms with E-state index in [1.165, 1.54) is 0 Å². The summed E-state index contributed by atoms with van der Waals surface area (Å²) in [6.45, 7) is 1.64. The van der Waals surface area contributed by atoms with E-state index in [2.05, 4.69) is 5.43 Å². The molecule has 0 bridgehead atoms. The average Bonchev–Trinajstić information content (AvgIpc) is 2.83. The molecule has 17 heavy (non-hydrogen) atoms. The quantitative estimate of drug-likeness (QED) is 0.656. The lowest BCUT2D eigenvalue weighted by atomic mass is 9.94. The van der Waals surface area contributed by atoms with E-state index in [1.54, 1.807) is 6.07 Å². The van der Waals surface area contributed by atoms with E-state index in [4.69, 9.17) is 33.8 Å². The Morgan fingerprint density at radius 1 is 1.47 bits per heavy atom. The summed E-state index contributed by atoms with van der Waals surface area (Å²) in [6.07, 6.45) is 1.99. The average molecular weight is 275 g/mol. The Balaban J connectivity index is 2.13. The second-order valence-electron chi connectivity index (χ2n) is 4.33. The van der Waals surface area contributed by atoms with Crippen molar-refractivity contribution in [2.24, 2.45) is 11.8 Å². The highest BCUT2D eigenvalue weighted by Crippen LogP contribution is 2.33. The van der Waals surface area contributed by atoms with Crippen LogP contribution in [0.3, 0.4) is 0 Å². The van der Waals surface area contributed by atoms with Crippen LogP contribution in [0.15, 0.2) is 18.2 Å². The van der Waals surface area contributed by atoms with E-state index in [-0.39, 0.29) is 6.04 Å². The third-order valence-corrected chi connectivity index (χ3v) is 3.98. The fourth-order valence-electron chi connectivity index (χ4n) is 2.18. The predicted molar refractivity (Wildman–Crippen MR) is 70.1 cm³/mol. The number of hydrogen-bond acceptors (Lipinski definition) is 3. The van der Waals surface area contributed by atoms with Crippen LogP contribution in [-0.4, -0.2) is 13.2 Å². The first-order valence-electron chi connectivity index (χ1n) is 5.70. The van der Waals surface area contributed by atoms with Gasteiger partial charge in [0, 0.05) is 19.3 Å². The van der Waals surface area contributed by atoms with Gasteiger partial charge < -0.3 is 4.74 Å². The van der Waals surface area contributed by atoms with Gasteiger partial charge in [0.25, 0.3) is 0 Å². The molecule has 1 aliphatic rings. The predicted octanol–water partition coefficient (Wildman–Crippen LogP) is 2.92. The van der Waals surface area contributed by atoms with E-state index in [9.17, 15) is 0 Å². The second-order valence-corrected chi connectivity index (χ2v) is 5.11. The number of nitrogens with one attached hydrogen (secondary N) is 1. The zero-order valence-electron chi connectivity index (χ0n) is 9.46.